The van der Waals surface area contributed by atoms with Gasteiger partial charge in [-0.15, -0.1) is 0 Å². The molecule has 14 heavy (non-hydrogen) atoms. The summed E-state index contributed by atoms with van der Waals surface area (Å²) in [7, 11) is -3.05. The zero-order valence-corrected chi connectivity index (χ0v) is 8.24. The second kappa shape index (κ2) is 4.65. The van der Waals surface area contributed by atoms with Gasteiger partial charge in [-0.3, -0.25) is 4.18 Å². The molecule has 1 saturated heterocycles. The fourth-order valence-corrected chi connectivity index (χ4v) is 2.19. The van der Waals surface area contributed by atoms with Crippen molar-refractivity contribution in [2.45, 2.75) is 12.5 Å². The summed E-state index contributed by atoms with van der Waals surface area (Å²) in [4.78, 5) is 10.8. The standard InChI is InChI=1S/C7H12O6S/c1-2-11-7(8)13-6-3-4-12-14(9,10)5-6/h2,6,9-10H,1,3-5H2. The van der Waals surface area contributed by atoms with E-state index in [1.54, 1.807) is 0 Å². The molecular weight excluding hydrogens is 212 g/mol. The Bertz CT molecular complexity index is 228. The molecule has 0 amide bonds. The van der Waals surface area contributed by atoms with Crippen LogP contribution in [0.15, 0.2) is 12.8 Å². The maximum atomic E-state index is 10.8. The Balaban J connectivity index is 2.37. The lowest BCUT2D eigenvalue weighted by atomic mass is 10.3. The van der Waals surface area contributed by atoms with Gasteiger partial charge in [-0.1, -0.05) is 6.58 Å². The van der Waals surface area contributed by atoms with Crippen molar-refractivity contribution in [2.24, 2.45) is 0 Å². The first-order valence-electron chi connectivity index (χ1n) is 3.92. The predicted octanol–water partition coefficient (Wildman–Crippen LogP) is 1.74. The summed E-state index contributed by atoms with van der Waals surface area (Å²) in [5.74, 6) is -0.112. The fourth-order valence-electron chi connectivity index (χ4n) is 1.01. The first kappa shape index (κ1) is 11.3. The Labute approximate surface area is 83.0 Å². The van der Waals surface area contributed by atoms with E-state index in [4.69, 9.17) is 13.8 Å². The number of hydrogen-bond donors (Lipinski definition) is 2. The van der Waals surface area contributed by atoms with Gasteiger partial charge in [-0.05, 0) is 0 Å². The van der Waals surface area contributed by atoms with Gasteiger partial charge in [-0.2, -0.15) is 0 Å². The number of carbonyl (C=O) groups is 1. The maximum Gasteiger partial charge on any atom is 0.513 e. The van der Waals surface area contributed by atoms with E-state index in [-0.39, 0.29) is 12.4 Å². The normalized spacial score (nSPS) is 27.4. The Hall–Kier alpha value is -0.760. The van der Waals surface area contributed by atoms with E-state index < -0.39 is 23.1 Å². The monoisotopic (exact) mass is 224 g/mol. The zero-order chi connectivity index (χ0) is 10.6. The molecule has 7 heteroatoms. The van der Waals surface area contributed by atoms with Crippen LogP contribution in [0.25, 0.3) is 0 Å². The van der Waals surface area contributed by atoms with Crippen LogP contribution in [0.2, 0.25) is 0 Å². The maximum absolute atomic E-state index is 10.8. The molecular formula is C7H12O6S. The highest BCUT2D eigenvalue weighted by atomic mass is 32.3. The molecule has 1 aliphatic rings. The van der Waals surface area contributed by atoms with E-state index in [2.05, 4.69) is 15.5 Å². The van der Waals surface area contributed by atoms with Gasteiger partial charge in [0.2, 0.25) is 0 Å². The van der Waals surface area contributed by atoms with E-state index in [0.717, 1.165) is 6.26 Å². The molecule has 0 spiro atoms. The summed E-state index contributed by atoms with van der Waals surface area (Å²) in [6, 6.07) is 0. The topological polar surface area (TPSA) is 85.2 Å². The molecule has 82 valence electrons. The van der Waals surface area contributed by atoms with Crippen LogP contribution in [-0.4, -0.2) is 33.7 Å². The predicted molar refractivity (Wildman–Crippen MR) is 49.8 cm³/mol. The van der Waals surface area contributed by atoms with Gasteiger partial charge in [0.15, 0.2) is 0 Å². The van der Waals surface area contributed by atoms with Gasteiger partial charge < -0.3 is 18.6 Å². The van der Waals surface area contributed by atoms with Crippen LogP contribution in [-0.2, 0) is 13.7 Å². The van der Waals surface area contributed by atoms with E-state index in [1.165, 1.54) is 0 Å². The minimum Gasteiger partial charge on any atom is -0.430 e. The smallest absolute Gasteiger partial charge is 0.430 e. The molecule has 2 N–H and O–H groups in total. The lowest BCUT2D eigenvalue weighted by Gasteiger charge is -2.34. The van der Waals surface area contributed by atoms with Crippen LogP contribution >= 0.6 is 10.9 Å². The molecule has 6 nitrogen and oxygen atoms in total. The molecule has 0 saturated carbocycles. The highest BCUT2D eigenvalue weighted by Gasteiger charge is 2.31. The summed E-state index contributed by atoms with van der Waals surface area (Å²) in [6.45, 7) is 3.33. The lowest BCUT2D eigenvalue weighted by molar-refractivity contribution is 0.0369. The van der Waals surface area contributed by atoms with Crippen LogP contribution in [0, 0.1) is 0 Å². The second-order valence-corrected chi connectivity index (χ2v) is 4.44. The Morgan fingerprint density at radius 2 is 2.36 bits per heavy atom. The van der Waals surface area contributed by atoms with Crippen molar-refractivity contribution >= 4 is 17.0 Å². The first-order valence-corrected chi connectivity index (χ1v) is 5.56. The SMILES string of the molecule is C=COC(=O)OC1CCOS(O)(O)C1. The lowest BCUT2D eigenvalue weighted by Crippen LogP contribution is -2.31. The minimum absolute atomic E-state index is 0.112. The molecule has 1 unspecified atom stereocenters. The summed E-state index contributed by atoms with van der Waals surface area (Å²) in [5, 5.41) is 0. The molecule has 0 aromatic rings. The number of rotatable bonds is 2. The molecule has 1 atom stereocenters. The van der Waals surface area contributed by atoms with Crippen molar-refractivity contribution in [1.29, 1.82) is 0 Å². The molecule has 1 rings (SSSR count). The Kier molecular flexibility index (Phi) is 3.76. The van der Waals surface area contributed by atoms with E-state index in [0.29, 0.717) is 6.42 Å². The largest absolute Gasteiger partial charge is 0.513 e. The average Bonchev–Trinajstić information content (AvgIpc) is 2.02. The Morgan fingerprint density at radius 3 is 2.93 bits per heavy atom. The van der Waals surface area contributed by atoms with Crippen molar-refractivity contribution in [3.63, 3.8) is 0 Å². The van der Waals surface area contributed by atoms with Gasteiger partial charge in [0.1, 0.15) is 6.10 Å². The van der Waals surface area contributed by atoms with Crippen molar-refractivity contribution in [1.82, 2.24) is 0 Å². The van der Waals surface area contributed by atoms with Crippen molar-refractivity contribution in [3.05, 3.63) is 12.8 Å². The third-order valence-corrected chi connectivity index (χ3v) is 2.91. The summed E-state index contributed by atoms with van der Waals surface area (Å²) < 4.78 is 32.1. The van der Waals surface area contributed by atoms with Crippen LogP contribution in [0.4, 0.5) is 4.79 Å². The zero-order valence-electron chi connectivity index (χ0n) is 7.42. The van der Waals surface area contributed by atoms with Gasteiger partial charge in [0.05, 0.1) is 29.5 Å². The molecule has 1 aliphatic heterocycles. The van der Waals surface area contributed by atoms with Crippen molar-refractivity contribution in [2.75, 3.05) is 12.4 Å². The van der Waals surface area contributed by atoms with Crippen LogP contribution in [0.5, 0.6) is 0 Å². The van der Waals surface area contributed by atoms with E-state index in [1.807, 2.05) is 0 Å². The minimum atomic E-state index is -3.05. The van der Waals surface area contributed by atoms with E-state index in [9.17, 15) is 4.79 Å². The molecule has 0 bridgehead atoms. The quantitative estimate of drug-likeness (QED) is 0.549. The van der Waals surface area contributed by atoms with Crippen LogP contribution in [0.1, 0.15) is 6.42 Å². The molecule has 0 radical (unpaired) electrons. The highest BCUT2D eigenvalue weighted by molar-refractivity contribution is 8.20. The summed E-state index contributed by atoms with van der Waals surface area (Å²) in [5.41, 5.74) is 0. The summed E-state index contributed by atoms with van der Waals surface area (Å²) >= 11 is 0. The molecule has 1 heterocycles. The van der Waals surface area contributed by atoms with Gasteiger partial charge >= 0.3 is 6.16 Å². The molecule has 0 aromatic carbocycles. The number of hydrogen-bond acceptors (Lipinski definition) is 6. The van der Waals surface area contributed by atoms with E-state index >= 15 is 0 Å². The Morgan fingerprint density at radius 1 is 1.64 bits per heavy atom. The number of carbonyl (C=O) groups excluding carboxylic acids is 1. The molecule has 0 aromatic heterocycles. The number of ether oxygens (including phenoxy) is 2. The van der Waals surface area contributed by atoms with Gasteiger partial charge in [0, 0.05) is 6.42 Å². The van der Waals surface area contributed by atoms with Crippen molar-refractivity contribution < 1.29 is 27.6 Å². The molecule has 1 fully saturated rings. The third-order valence-electron chi connectivity index (χ3n) is 1.56. The second-order valence-electron chi connectivity index (χ2n) is 2.66. The van der Waals surface area contributed by atoms with Crippen molar-refractivity contribution in [3.8, 4) is 0 Å². The van der Waals surface area contributed by atoms with Crippen LogP contribution < -0.4 is 0 Å². The fraction of sp³-hybridized carbons (Fsp3) is 0.571. The first-order chi connectivity index (χ1) is 6.53. The van der Waals surface area contributed by atoms with Crippen LogP contribution in [0.3, 0.4) is 0 Å². The molecule has 0 aliphatic carbocycles. The van der Waals surface area contributed by atoms with Gasteiger partial charge in [-0.25, -0.2) is 4.79 Å². The highest BCUT2D eigenvalue weighted by Crippen LogP contribution is 2.44. The third kappa shape index (κ3) is 3.54. The average molecular weight is 224 g/mol. The summed E-state index contributed by atoms with van der Waals surface area (Å²) in [6.07, 6.45) is -0.120. The van der Waals surface area contributed by atoms with Gasteiger partial charge in [0.25, 0.3) is 0 Å².